The van der Waals surface area contributed by atoms with Crippen molar-refractivity contribution in [3.8, 4) is 0 Å². The fraction of sp³-hybridized carbons (Fsp3) is 1.00. The van der Waals surface area contributed by atoms with E-state index in [9.17, 15) is 0 Å². The van der Waals surface area contributed by atoms with Crippen molar-refractivity contribution in [3.05, 3.63) is 0 Å². The van der Waals surface area contributed by atoms with Crippen LogP contribution in [0.5, 0.6) is 0 Å². The van der Waals surface area contributed by atoms with Crippen molar-refractivity contribution in [2.45, 2.75) is 56.5 Å². The van der Waals surface area contributed by atoms with Crippen LogP contribution in [0.15, 0.2) is 0 Å². The summed E-state index contributed by atoms with van der Waals surface area (Å²) < 4.78 is 12.0. The summed E-state index contributed by atoms with van der Waals surface area (Å²) in [6.07, 6.45) is 6.87. The maximum Gasteiger partial charge on any atom is 0.169 e. The van der Waals surface area contributed by atoms with Gasteiger partial charge >= 0.3 is 0 Å². The number of alkyl halides is 2. The molecule has 2 fully saturated rings. The van der Waals surface area contributed by atoms with E-state index in [0.29, 0.717) is 11.8 Å². The van der Waals surface area contributed by atoms with Crippen molar-refractivity contribution >= 4 is 23.2 Å². The van der Waals surface area contributed by atoms with Gasteiger partial charge in [0.15, 0.2) is 5.79 Å². The molecule has 0 aromatic rings. The summed E-state index contributed by atoms with van der Waals surface area (Å²) >= 11 is 11.7. The van der Waals surface area contributed by atoms with Crippen LogP contribution in [0.2, 0.25) is 0 Å². The van der Waals surface area contributed by atoms with E-state index in [-0.39, 0.29) is 18.0 Å². The van der Waals surface area contributed by atoms with E-state index in [0.717, 1.165) is 12.8 Å². The molecule has 0 N–H and O–H groups in total. The highest BCUT2D eigenvalue weighted by molar-refractivity contribution is 6.19. The van der Waals surface area contributed by atoms with Gasteiger partial charge in [-0.3, -0.25) is 0 Å². The Bertz CT molecular complexity index is 189. The van der Waals surface area contributed by atoms with Crippen LogP contribution in [-0.2, 0) is 9.47 Å². The number of ether oxygens (including phenoxy) is 2. The molecule has 0 bridgehead atoms. The molecule has 0 aromatic heterocycles. The van der Waals surface area contributed by atoms with Crippen molar-refractivity contribution in [2.75, 3.05) is 11.8 Å². The molecule has 1 saturated heterocycles. The van der Waals surface area contributed by atoms with E-state index >= 15 is 0 Å². The Balaban J connectivity index is 2.03. The molecular weight excluding hydrogens is 235 g/mol. The van der Waals surface area contributed by atoms with E-state index in [2.05, 4.69) is 0 Å². The van der Waals surface area contributed by atoms with Gasteiger partial charge in [0.2, 0.25) is 0 Å². The van der Waals surface area contributed by atoms with E-state index < -0.39 is 0 Å². The van der Waals surface area contributed by atoms with Gasteiger partial charge in [0, 0.05) is 12.8 Å². The zero-order valence-corrected chi connectivity index (χ0v) is 10.4. The number of rotatable bonds is 2. The van der Waals surface area contributed by atoms with Crippen molar-refractivity contribution in [2.24, 2.45) is 0 Å². The Morgan fingerprint density at radius 1 is 0.867 bits per heavy atom. The van der Waals surface area contributed by atoms with Crippen LogP contribution in [0.25, 0.3) is 0 Å². The number of hydrogen-bond acceptors (Lipinski definition) is 2. The number of hydrogen-bond donors (Lipinski definition) is 0. The fourth-order valence-electron chi connectivity index (χ4n) is 2.50. The zero-order valence-electron chi connectivity index (χ0n) is 8.88. The summed E-state index contributed by atoms with van der Waals surface area (Å²) in [6, 6.07) is 0. The Kier molecular flexibility index (Phi) is 4.17. The Morgan fingerprint density at radius 3 is 1.73 bits per heavy atom. The van der Waals surface area contributed by atoms with Gasteiger partial charge in [0.05, 0.1) is 11.8 Å². The summed E-state index contributed by atoms with van der Waals surface area (Å²) in [5, 5.41) is 0. The summed E-state index contributed by atoms with van der Waals surface area (Å²) in [7, 11) is 0. The molecule has 88 valence electrons. The third-order valence-corrected chi connectivity index (χ3v) is 3.92. The molecule has 1 saturated carbocycles. The van der Waals surface area contributed by atoms with Gasteiger partial charge in [-0.2, -0.15) is 0 Å². The standard InChI is InChI=1S/C11H18Cl2O2/c12-7-9-10(8-13)15-11(14-9)5-3-1-2-4-6-11/h9-10H,1-8H2. The molecule has 2 nitrogen and oxygen atoms in total. The van der Waals surface area contributed by atoms with Crippen molar-refractivity contribution in [3.63, 3.8) is 0 Å². The van der Waals surface area contributed by atoms with E-state index in [4.69, 9.17) is 32.7 Å². The highest BCUT2D eigenvalue weighted by Crippen LogP contribution is 2.40. The molecule has 1 spiro atoms. The van der Waals surface area contributed by atoms with Crippen LogP contribution in [0.4, 0.5) is 0 Å². The molecular formula is C11H18Cl2O2. The topological polar surface area (TPSA) is 18.5 Å². The molecule has 2 rings (SSSR count). The van der Waals surface area contributed by atoms with Crippen molar-refractivity contribution < 1.29 is 9.47 Å². The van der Waals surface area contributed by atoms with Crippen LogP contribution in [-0.4, -0.2) is 29.8 Å². The first-order chi connectivity index (χ1) is 7.29. The first-order valence-corrected chi connectivity index (χ1v) is 6.84. The normalized spacial score (nSPS) is 35.6. The van der Waals surface area contributed by atoms with Crippen molar-refractivity contribution in [1.82, 2.24) is 0 Å². The average molecular weight is 253 g/mol. The fourth-order valence-corrected chi connectivity index (χ4v) is 3.02. The monoisotopic (exact) mass is 252 g/mol. The first kappa shape index (κ1) is 12.0. The maximum atomic E-state index is 5.98. The van der Waals surface area contributed by atoms with Gasteiger partial charge in [0.1, 0.15) is 12.2 Å². The molecule has 0 aromatic carbocycles. The lowest BCUT2D eigenvalue weighted by atomic mass is 10.1. The first-order valence-electron chi connectivity index (χ1n) is 5.77. The average Bonchev–Trinajstić information content (AvgIpc) is 2.45. The Morgan fingerprint density at radius 2 is 1.33 bits per heavy atom. The zero-order chi connectivity index (χ0) is 10.7. The molecule has 4 heteroatoms. The van der Waals surface area contributed by atoms with Gasteiger partial charge in [-0.1, -0.05) is 12.8 Å². The second-order valence-corrected chi connectivity index (χ2v) is 5.06. The third-order valence-electron chi connectivity index (χ3n) is 3.32. The van der Waals surface area contributed by atoms with Crippen LogP contribution in [0, 0.1) is 0 Å². The predicted octanol–water partition coefficient (Wildman–Crippen LogP) is 3.30. The summed E-state index contributed by atoms with van der Waals surface area (Å²) in [4.78, 5) is 0. The molecule has 15 heavy (non-hydrogen) atoms. The molecule has 1 aliphatic carbocycles. The lowest BCUT2D eigenvalue weighted by Gasteiger charge is -2.26. The predicted molar refractivity (Wildman–Crippen MR) is 61.6 cm³/mol. The highest BCUT2D eigenvalue weighted by atomic mass is 35.5. The smallest absolute Gasteiger partial charge is 0.169 e. The van der Waals surface area contributed by atoms with Crippen LogP contribution in [0.3, 0.4) is 0 Å². The number of halogens is 2. The summed E-state index contributed by atoms with van der Waals surface area (Å²) in [6.45, 7) is 0. The molecule has 2 aliphatic rings. The minimum atomic E-state index is -0.365. The minimum absolute atomic E-state index is 0.0257. The minimum Gasteiger partial charge on any atom is -0.343 e. The maximum absolute atomic E-state index is 5.98. The molecule has 2 unspecified atom stereocenters. The highest BCUT2D eigenvalue weighted by Gasteiger charge is 2.46. The van der Waals surface area contributed by atoms with Gasteiger partial charge < -0.3 is 9.47 Å². The second-order valence-electron chi connectivity index (χ2n) is 4.45. The molecule has 0 radical (unpaired) electrons. The van der Waals surface area contributed by atoms with Crippen LogP contribution >= 0.6 is 23.2 Å². The lowest BCUT2D eigenvalue weighted by Crippen LogP contribution is -2.30. The van der Waals surface area contributed by atoms with Crippen LogP contribution < -0.4 is 0 Å². The van der Waals surface area contributed by atoms with E-state index in [1.165, 1.54) is 25.7 Å². The lowest BCUT2D eigenvalue weighted by molar-refractivity contribution is -0.180. The largest absolute Gasteiger partial charge is 0.343 e. The SMILES string of the molecule is ClCC1OC2(CCCCCC2)OC1CCl. The second kappa shape index (κ2) is 5.22. The summed E-state index contributed by atoms with van der Waals surface area (Å²) in [5.41, 5.74) is 0. The molecule has 1 heterocycles. The van der Waals surface area contributed by atoms with Gasteiger partial charge in [0.25, 0.3) is 0 Å². The molecule has 0 amide bonds. The molecule has 2 atom stereocenters. The van der Waals surface area contributed by atoms with Crippen molar-refractivity contribution in [1.29, 1.82) is 0 Å². The van der Waals surface area contributed by atoms with Gasteiger partial charge in [-0.15, -0.1) is 23.2 Å². The van der Waals surface area contributed by atoms with Crippen LogP contribution in [0.1, 0.15) is 38.5 Å². The third kappa shape index (κ3) is 2.60. The molecule has 1 aliphatic heterocycles. The van der Waals surface area contributed by atoms with E-state index in [1.807, 2.05) is 0 Å². The van der Waals surface area contributed by atoms with E-state index in [1.54, 1.807) is 0 Å². The Hall–Kier alpha value is 0.500. The Labute approximate surface area is 101 Å². The van der Waals surface area contributed by atoms with Gasteiger partial charge in [-0.05, 0) is 12.8 Å². The van der Waals surface area contributed by atoms with Gasteiger partial charge in [-0.25, -0.2) is 0 Å². The summed E-state index contributed by atoms with van der Waals surface area (Å²) in [5.74, 6) is 0.577. The quantitative estimate of drug-likeness (QED) is 0.703.